The SMILES string of the molecule is C=C/C=C\C=C/C.CCOc1cccc(-c2nc(N)nc3sc(C(=O)NC)cc23)c1. The number of benzene rings is 1. The normalized spacial score (nSPS) is 10.8. The second-order valence-electron chi connectivity index (χ2n) is 5.95. The van der Waals surface area contributed by atoms with E-state index in [-0.39, 0.29) is 11.9 Å². The summed E-state index contributed by atoms with van der Waals surface area (Å²) in [4.78, 5) is 21.7. The van der Waals surface area contributed by atoms with Crippen molar-refractivity contribution >= 4 is 33.4 Å². The molecular weight excluding hydrogens is 396 g/mol. The summed E-state index contributed by atoms with van der Waals surface area (Å²) in [6, 6.07) is 9.42. The number of nitrogen functional groups attached to an aromatic ring is 1. The van der Waals surface area contributed by atoms with Crippen molar-refractivity contribution in [2.24, 2.45) is 0 Å². The average Bonchev–Trinajstić information content (AvgIpc) is 3.18. The van der Waals surface area contributed by atoms with Crippen molar-refractivity contribution in [2.45, 2.75) is 13.8 Å². The zero-order valence-electron chi connectivity index (χ0n) is 17.4. The zero-order valence-corrected chi connectivity index (χ0v) is 18.2. The molecular formula is C23H26N4O2S. The van der Waals surface area contributed by atoms with Crippen LogP contribution < -0.4 is 15.8 Å². The van der Waals surface area contributed by atoms with Gasteiger partial charge in [0.15, 0.2) is 0 Å². The number of nitrogens with two attached hydrogens (primary N) is 1. The van der Waals surface area contributed by atoms with E-state index < -0.39 is 0 Å². The first-order chi connectivity index (χ1) is 14.5. The maximum atomic E-state index is 11.9. The quantitative estimate of drug-likeness (QED) is 0.545. The van der Waals surface area contributed by atoms with Crippen molar-refractivity contribution in [2.75, 3.05) is 19.4 Å². The van der Waals surface area contributed by atoms with Gasteiger partial charge in [-0.05, 0) is 32.0 Å². The maximum absolute atomic E-state index is 11.9. The van der Waals surface area contributed by atoms with Crippen LogP contribution in [0.5, 0.6) is 5.75 Å². The van der Waals surface area contributed by atoms with Gasteiger partial charge < -0.3 is 15.8 Å². The van der Waals surface area contributed by atoms with E-state index in [0.717, 1.165) is 16.7 Å². The van der Waals surface area contributed by atoms with Crippen molar-refractivity contribution in [1.82, 2.24) is 15.3 Å². The van der Waals surface area contributed by atoms with E-state index in [2.05, 4.69) is 21.9 Å². The van der Waals surface area contributed by atoms with Gasteiger partial charge in [-0.15, -0.1) is 11.3 Å². The van der Waals surface area contributed by atoms with Crippen LogP contribution in [0.4, 0.5) is 5.95 Å². The van der Waals surface area contributed by atoms with Crippen LogP contribution >= 0.6 is 11.3 Å². The number of rotatable bonds is 6. The van der Waals surface area contributed by atoms with E-state index in [0.29, 0.717) is 22.0 Å². The lowest BCUT2D eigenvalue weighted by Crippen LogP contribution is -2.15. The van der Waals surface area contributed by atoms with E-state index >= 15 is 0 Å². The summed E-state index contributed by atoms with van der Waals surface area (Å²) in [6.07, 6.45) is 9.51. The van der Waals surface area contributed by atoms with Crippen molar-refractivity contribution in [1.29, 1.82) is 0 Å². The van der Waals surface area contributed by atoms with Crippen LogP contribution in [-0.4, -0.2) is 29.5 Å². The molecule has 1 aromatic carbocycles. The third-order valence-corrected chi connectivity index (χ3v) is 4.86. The van der Waals surface area contributed by atoms with Gasteiger partial charge in [0, 0.05) is 18.0 Å². The standard InChI is InChI=1S/C16H16N4O2S.C7H10/c1-3-22-10-6-4-5-9(7-10)13-11-8-12(14(21)18-2)23-15(11)20-16(17)19-13;1-3-5-7-6-4-2/h4-8H,3H2,1-2H3,(H,18,21)(H2,17,19,20);3-7H,1H2,2H3/b;6-4-,7-5-. The first kappa shape index (κ1) is 22.8. The summed E-state index contributed by atoms with van der Waals surface area (Å²) in [7, 11) is 1.60. The van der Waals surface area contributed by atoms with Crippen LogP contribution in [0.2, 0.25) is 0 Å². The molecule has 0 atom stereocenters. The maximum Gasteiger partial charge on any atom is 0.261 e. The highest BCUT2D eigenvalue weighted by Crippen LogP contribution is 2.33. The van der Waals surface area contributed by atoms with Crippen LogP contribution in [0, 0.1) is 0 Å². The fourth-order valence-corrected chi connectivity index (χ4v) is 3.53. The summed E-state index contributed by atoms with van der Waals surface area (Å²) >= 11 is 1.29. The van der Waals surface area contributed by atoms with E-state index in [1.54, 1.807) is 19.2 Å². The fourth-order valence-electron chi connectivity index (χ4n) is 2.55. The number of amides is 1. The third kappa shape index (κ3) is 6.02. The first-order valence-corrected chi connectivity index (χ1v) is 10.3. The minimum absolute atomic E-state index is 0.152. The lowest BCUT2D eigenvalue weighted by Gasteiger charge is -2.07. The van der Waals surface area contributed by atoms with Gasteiger partial charge >= 0.3 is 0 Å². The van der Waals surface area contributed by atoms with Crippen molar-refractivity contribution in [3.8, 4) is 17.0 Å². The molecule has 6 nitrogen and oxygen atoms in total. The molecule has 3 aromatic rings. The van der Waals surface area contributed by atoms with Crippen LogP contribution in [-0.2, 0) is 0 Å². The molecule has 0 aliphatic heterocycles. The van der Waals surface area contributed by atoms with Crippen molar-refractivity contribution in [3.05, 3.63) is 72.2 Å². The Labute approximate surface area is 180 Å². The van der Waals surface area contributed by atoms with Gasteiger partial charge in [-0.3, -0.25) is 4.79 Å². The second-order valence-corrected chi connectivity index (χ2v) is 6.98. The first-order valence-electron chi connectivity index (χ1n) is 9.46. The number of carbonyl (C=O) groups excluding carboxylic acids is 1. The molecule has 30 heavy (non-hydrogen) atoms. The summed E-state index contributed by atoms with van der Waals surface area (Å²) in [6.45, 7) is 8.01. The molecule has 0 fully saturated rings. The molecule has 0 saturated heterocycles. The Bertz CT molecular complexity index is 1070. The van der Waals surface area contributed by atoms with Gasteiger partial charge in [-0.2, -0.15) is 0 Å². The van der Waals surface area contributed by atoms with Gasteiger partial charge in [0.05, 0.1) is 17.2 Å². The highest BCUT2D eigenvalue weighted by molar-refractivity contribution is 7.20. The summed E-state index contributed by atoms with van der Waals surface area (Å²) in [5, 5.41) is 3.42. The number of anilines is 1. The number of thiophene rings is 1. The van der Waals surface area contributed by atoms with E-state index in [9.17, 15) is 4.79 Å². The van der Waals surface area contributed by atoms with E-state index in [1.165, 1.54) is 11.3 Å². The number of nitrogens with one attached hydrogen (secondary N) is 1. The van der Waals surface area contributed by atoms with Gasteiger partial charge in [0.2, 0.25) is 5.95 Å². The molecule has 3 N–H and O–H groups in total. The molecule has 156 valence electrons. The Kier molecular flexibility index (Phi) is 8.77. The molecule has 0 bridgehead atoms. The lowest BCUT2D eigenvalue weighted by molar-refractivity contribution is 0.0967. The molecule has 0 unspecified atom stereocenters. The smallest absolute Gasteiger partial charge is 0.261 e. The Hall–Kier alpha value is -3.45. The molecule has 0 spiro atoms. The average molecular weight is 423 g/mol. The predicted octanol–water partition coefficient (Wildman–Crippen LogP) is 5.00. The van der Waals surface area contributed by atoms with Crippen LogP contribution in [0.25, 0.3) is 21.5 Å². The Morgan fingerprint density at radius 1 is 1.27 bits per heavy atom. The number of hydrogen-bond acceptors (Lipinski definition) is 6. The lowest BCUT2D eigenvalue weighted by atomic mass is 10.1. The molecule has 2 aromatic heterocycles. The Balaban J connectivity index is 0.000000396. The van der Waals surface area contributed by atoms with Crippen molar-refractivity contribution < 1.29 is 9.53 Å². The Morgan fingerprint density at radius 2 is 2.07 bits per heavy atom. The molecule has 0 aliphatic rings. The van der Waals surface area contributed by atoms with Crippen LogP contribution in [0.3, 0.4) is 0 Å². The molecule has 1 amide bonds. The Morgan fingerprint density at radius 3 is 2.73 bits per heavy atom. The number of nitrogens with zero attached hydrogens (tertiary/aromatic N) is 2. The van der Waals surface area contributed by atoms with Crippen molar-refractivity contribution in [3.63, 3.8) is 0 Å². The molecule has 0 aliphatic carbocycles. The number of carbonyl (C=O) groups is 1. The summed E-state index contributed by atoms with van der Waals surface area (Å²) in [5.74, 6) is 0.789. The van der Waals surface area contributed by atoms with Crippen LogP contribution in [0.15, 0.2) is 67.3 Å². The number of aromatic nitrogens is 2. The molecule has 0 radical (unpaired) electrons. The van der Waals surface area contributed by atoms with E-state index in [1.807, 2.05) is 62.4 Å². The number of fused-ring (bicyclic) bond motifs is 1. The molecule has 3 rings (SSSR count). The highest BCUT2D eigenvalue weighted by atomic mass is 32.1. The van der Waals surface area contributed by atoms with Gasteiger partial charge in [0.1, 0.15) is 10.6 Å². The second kappa shape index (κ2) is 11.5. The number of allylic oxidation sites excluding steroid dienone is 5. The van der Waals surface area contributed by atoms with E-state index in [4.69, 9.17) is 10.5 Å². The number of hydrogen-bond donors (Lipinski definition) is 2. The fraction of sp³-hybridized carbons (Fsp3) is 0.174. The third-order valence-electron chi connectivity index (χ3n) is 3.83. The van der Waals surface area contributed by atoms with Gasteiger partial charge in [-0.25, -0.2) is 9.97 Å². The van der Waals surface area contributed by atoms with Gasteiger partial charge in [0.25, 0.3) is 5.91 Å². The largest absolute Gasteiger partial charge is 0.494 e. The molecule has 0 saturated carbocycles. The van der Waals surface area contributed by atoms with Gasteiger partial charge in [-0.1, -0.05) is 49.1 Å². The molecule has 7 heteroatoms. The molecule has 2 heterocycles. The topological polar surface area (TPSA) is 90.1 Å². The monoisotopic (exact) mass is 422 g/mol. The predicted molar refractivity (Wildman–Crippen MR) is 126 cm³/mol. The highest BCUT2D eigenvalue weighted by Gasteiger charge is 2.16. The van der Waals surface area contributed by atoms with Crippen LogP contribution in [0.1, 0.15) is 23.5 Å². The number of ether oxygens (including phenoxy) is 1. The minimum atomic E-state index is -0.152. The minimum Gasteiger partial charge on any atom is -0.494 e. The summed E-state index contributed by atoms with van der Waals surface area (Å²) < 4.78 is 5.53. The summed E-state index contributed by atoms with van der Waals surface area (Å²) in [5.41, 5.74) is 7.40. The zero-order chi connectivity index (χ0) is 21.9.